The molecule has 146 valence electrons. The van der Waals surface area contributed by atoms with Crippen molar-refractivity contribution in [2.24, 2.45) is 0 Å². The number of aromatic nitrogens is 2. The highest BCUT2D eigenvalue weighted by Crippen LogP contribution is 2.24. The molecule has 1 unspecified atom stereocenters. The van der Waals surface area contributed by atoms with E-state index in [0.29, 0.717) is 22.5 Å². The number of hydrogen-bond acceptors (Lipinski definition) is 8. The largest absolute Gasteiger partial charge is 0.479 e. The molecule has 0 aliphatic carbocycles. The number of fused-ring (bicyclic) bond motifs is 1. The van der Waals surface area contributed by atoms with Crippen molar-refractivity contribution in [3.63, 3.8) is 0 Å². The molecular weight excluding hydrogens is 383 g/mol. The molecular formula is C19H13FN4O5. The van der Waals surface area contributed by atoms with Gasteiger partial charge in [-0.25, -0.2) is 29.3 Å². The fraction of sp³-hybridized carbons (Fsp3) is 0.105. The van der Waals surface area contributed by atoms with Crippen molar-refractivity contribution in [1.82, 2.24) is 15.3 Å². The molecule has 29 heavy (non-hydrogen) atoms. The molecule has 1 N–H and O–H groups in total. The molecule has 0 saturated heterocycles. The lowest BCUT2D eigenvalue weighted by molar-refractivity contribution is -0.144. The van der Waals surface area contributed by atoms with Crippen molar-refractivity contribution in [2.75, 3.05) is 0 Å². The Hall–Kier alpha value is -4.26. The summed E-state index contributed by atoms with van der Waals surface area (Å²) in [4.78, 5) is 31.1. The van der Waals surface area contributed by atoms with E-state index in [9.17, 15) is 14.0 Å². The van der Waals surface area contributed by atoms with Crippen molar-refractivity contribution in [1.29, 1.82) is 5.26 Å². The molecule has 1 amide bonds. The third-order valence-corrected chi connectivity index (χ3v) is 3.52. The molecule has 0 radical (unpaired) electrons. The zero-order valence-corrected chi connectivity index (χ0v) is 15.0. The molecule has 0 fully saturated rings. The second-order valence-electron chi connectivity index (χ2n) is 5.62. The second kappa shape index (κ2) is 8.62. The lowest BCUT2D eigenvalue weighted by Crippen LogP contribution is -2.31. The van der Waals surface area contributed by atoms with Gasteiger partial charge in [0.15, 0.2) is 12.3 Å². The third kappa shape index (κ3) is 5.14. The van der Waals surface area contributed by atoms with E-state index in [0.717, 1.165) is 0 Å². The number of amides is 1. The fourth-order valence-electron chi connectivity index (χ4n) is 2.22. The maximum absolute atomic E-state index is 13.2. The number of benzene rings is 2. The molecule has 2 aromatic carbocycles. The lowest BCUT2D eigenvalue weighted by atomic mass is 10.3. The van der Waals surface area contributed by atoms with Gasteiger partial charge in [0.2, 0.25) is 5.88 Å². The van der Waals surface area contributed by atoms with Crippen LogP contribution in [-0.4, -0.2) is 28.1 Å². The summed E-state index contributed by atoms with van der Waals surface area (Å²) in [6.07, 6.45) is 0.444. The van der Waals surface area contributed by atoms with Gasteiger partial charge in [-0.1, -0.05) is 0 Å². The van der Waals surface area contributed by atoms with Crippen LogP contribution >= 0.6 is 0 Å². The Kier molecular flexibility index (Phi) is 5.80. The van der Waals surface area contributed by atoms with Gasteiger partial charge in [-0.2, -0.15) is 5.26 Å². The van der Waals surface area contributed by atoms with Gasteiger partial charge in [0.25, 0.3) is 0 Å². The Morgan fingerprint density at radius 3 is 2.59 bits per heavy atom. The summed E-state index contributed by atoms with van der Waals surface area (Å²) in [6.45, 7) is 1.39. The first kappa shape index (κ1) is 19.5. The summed E-state index contributed by atoms with van der Waals surface area (Å²) in [5, 5.41) is 9.94. The molecule has 10 heteroatoms. The van der Waals surface area contributed by atoms with Crippen molar-refractivity contribution in [3.05, 3.63) is 54.5 Å². The third-order valence-electron chi connectivity index (χ3n) is 3.52. The Bertz CT molecular complexity index is 1100. The molecule has 0 bridgehead atoms. The Morgan fingerprint density at radius 1 is 1.14 bits per heavy atom. The highest BCUT2D eigenvalue weighted by molar-refractivity contribution is 5.87. The van der Waals surface area contributed by atoms with Crippen molar-refractivity contribution < 1.29 is 28.2 Å². The molecule has 0 aliphatic heterocycles. The molecule has 3 aromatic rings. The summed E-state index contributed by atoms with van der Waals surface area (Å²) < 4.78 is 28.5. The standard InChI is InChI=1S/C19H13FN4O5/c1-11(18(25)29-19(26)23-10-21)27-13-3-5-14(6-4-13)28-17-9-22-16-8-12(20)2-7-15(16)24-17/h2-9,11H,1H3,(H,23,26). The van der Waals surface area contributed by atoms with E-state index in [-0.39, 0.29) is 5.88 Å². The molecule has 0 aliphatic rings. The van der Waals surface area contributed by atoms with Gasteiger partial charge in [-0.15, -0.1) is 0 Å². The maximum Gasteiger partial charge on any atom is 0.428 e. The number of rotatable bonds is 5. The number of nitrogens with one attached hydrogen (secondary N) is 1. The van der Waals surface area contributed by atoms with Gasteiger partial charge in [0.05, 0.1) is 17.2 Å². The molecule has 1 aromatic heterocycles. The number of alkyl carbamates (subject to hydrolysis) is 1. The van der Waals surface area contributed by atoms with Gasteiger partial charge in [0.1, 0.15) is 17.3 Å². The van der Waals surface area contributed by atoms with E-state index < -0.39 is 24.0 Å². The first-order valence-corrected chi connectivity index (χ1v) is 8.22. The number of ether oxygens (including phenoxy) is 3. The van der Waals surface area contributed by atoms with E-state index >= 15 is 0 Å². The highest BCUT2D eigenvalue weighted by atomic mass is 19.1. The number of halogens is 1. The minimum absolute atomic E-state index is 0.221. The van der Waals surface area contributed by atoms with Crippen LogP contribution in [0.5, 0.6) is 17.4 Å². The highest BCUT2D eigenvalue weighted by Gasteiger charge is 2.20. The zero-order valence-electron chi connectivity index (χ0n) is 15.0. The maximum atomic E-state index is 13.2. The van der Waals surface area contributed by atoms with Crippen LogP contribution in [-0.2, 0) is 9.53 Å². The van der Waals surface area contributed by atoms with Gasteiger partial charge < -0.3 is 14.2 Å². The Morgan fingerprint density at radius 2 is 1.86 bits per heavy atom. The van der Waals surface area contributed by atoms with Crippen molar-refractivity contribution >= 4 is 23.1 Å². The minimum atomic E-state index is -1.18. The van der Waals surface area contributed by atoms with Crippen molar-refractivity contribution in [3.8, 4) is 23.6 Å². The van der Waals surface area contributed by atoms with Gasteiger partial charge >= 0.3 is 12.1 Å². The Labute approximate surface area is 163 Å². The van der Waals surface area contributed by atoms with E-state index in [4.69, 9.17) is 14.7 Å². The van der Waals surface area contributed by atoms with Gasteiger partial charge in [-0.3, -0.25) is 0 Å². The van der Waals surface area contributed by atoms with Gasteiger partial charge in [-0.05, 0) is 43.3 Å². The van der Waals surface area contributed by atoms with Crippen LogP contribution in [0.25, 0.3) is 11.0 Å². The van der Waals surface area contributed by atoms with Gasteiger partial charge in [0, 0.05) is 6.07 Å². The average Bonchev–Trinajstić information content (AvgIpc) is 2.69. The topological polar surface area (TPSA) is 123 Å². The predicted octanol–water partition coefficient (Wildman–Crippen LogP) is 3.06. The van der Waals surface area contributed by atoms with Crippen LogP contribution < -0.4 is 14.8 Å². The quantitative estimate of drug-likeness (QED) is 0.302. The molecule has 3 rings (SSSR count). The number of carbonyl (C=O) groups excluding carboxylic acids is 2. The van der Waals surface area contributed by atoms with E-state index in [2.05, 4.69) is 14.7 Å². The summed E-state index contributed by atoms with van der Waals surface area (Å²) in [5.74, 6) is -0.390. The minimum Gasteiger partial charge on any atom is -0.479 e. The summed E-state index contributed by atoms with van der Waals surface area (Å²) in [6, 6.07) is 10.3. The van der Waals surface area contributed by atoms with Crippen LogP contribution in [0.4, 0.5) is 9.18 Å². The number of nitrogens with zero attached hydrogens (tertiary/aromatic N) is 3. The van der Waals surface area contributed by atoms with E-state index in [1.54, 1.807) is 17.4 Å². The van der Waals surface area contributed by atoms with Crippen molar-refractivity contribution in [2.45, 2.75) is 13.0 Å². The zero-order chi connectivity index (χ0) is 20.8. The fourth-order valence-corrected chi connectivity index (χ4v) is 2.22. The summed E-state index contributed by atoms with van der Waals surface area (Å²) in [7, 11) is 0. The first-order valence-electron chi connectivity index (χ1n) is 8.22. The predicted molar refractivity (Wildman–Crippen MR) is 96.3 cm³/mol. The number of esters is 1. The SMILES string of the molecule is CC(Oc1ccc(Oc2cnc3cc(F)ccc3n2)cc1)C(=O)OC(=O)NC#N. The lowest BCUT2D eigenvalue weighted by Gasteiger charge is -2.13. The second-order valence-corrected chi connectivity index (χ2v) is 5.62. The smallest absolute Gasteiger partial charge is 0.428 e. The van der Waals surface area contributed by atoms with E-state index in [1.807, 2.05) is 0 Å². The first-order chi connectivity index (χ1) is 13.9. The number of hydrogen-bond donors (Lipinski definition) is 1. The van der Waals surface area contributed by atoms with Crippen LogP contribution in [0.3, 0.4) is 0 Å². The molecule has 1 heterocycles. The molecule has 0 spiro atoms. The molecule has 1 atom stereocenters. The number of nitriles is 1. The normalized spacial score (nSPS) is 11.2. The van der Waals surface area contributed by atoms with Crippen LogP contribution in [0.2, 0.25) is 0 Å². The monoisotopic (exact) mass is 396 g/mol. The van der Waals surface area contributed by atoms with Crippen LogP contribution in [0, 0.1) is 17.3 Å². The Balaban J connectivity index is 1.61. The average molecular weight is 396 g/mol. The summed E-state index contributed by atoms with van der Waals surface area (Å²) in [5.41, 5.74) is 0.891. The van der Waals surface area contributed by atoms with Crippen LogP contribution in [0.1, 0.15) is 6.92 Å². The summed E-state index contributed by atoms with van der Waals surface area (Å²) >= 11 is 0. The number of carbonyl (C=O) groups is 2. The van der Waals surface area contributed by atoms with Crippen LogP contribution in [0.15, 0.2) is 48.7 Å². The van der Waals surface area contributed by atoms with E-state index in [1.165, 1.54) is 49.6 Å². The molecule has 9 nitrogen and oxygen atoms in total. The molecule has 0 saturated carbocycles.